The Balaban J connectivity index is 1.49. The number of hydrogen-bond donors (Lipinski definition) is 1. The van der Waals surface area contributed by atoms with Gasteiger partial charge in [0.2, 0.25) is 5.91 Å². The van der Waals surface area contributed by atoms with Crippen molar-refractivity contribution in [1.29, 1.82) is 0 Å². The minimum atomic E-state index is -0.741. The maximum atomic E-state index is 12.4. The van der Waals surface area contributed by atoms with Crippen molar-refractivity contribution in [1.82, 2.24) is 4.90 Å². The molecule has 2 fully saturated rings. The second-order valence-corrected chi connectivity index (χ2v) is 7.07. The Hall–Kier alpha value is -1.36. The number of carbonyl (C=O) groups excluding carboxylic acids is 1. The van der Waals surface area contributed by atoms with E-state index in [0.29, 0.717) is 19.4 Å². The number of piperidine rings is 1. The van der Waals surface area contributed by atoms with Gasteiger partial charge in [-0.2, -0.15) is 0 Å². The van der Waals surface area contributed by atoms with Crippen LogP contribution in [0.3, 0.4) is 0 Å². The molecule has 2 heterocycles. The minimum Gasteiger partial charge on any atom is -0.481 e. The summed E-state index contributed by atoms with van der Waals surface area (Å²) in [5.74, 6) is -0.597. The van der Waals surface area contributed by atoms with Crippen molar-refractivity contribution in [2.24, 2.45) is 11.8 Å². The fraction of sp³-hybridized carbons (Fsp3) is 0.778. The number of aliphatic carboxylic acids is 1. The molecule has 1 amide bonds. The Kier molecular flexibility index (Phi) is 5.36. The van der Waals surface area contributed by atoms with Crippen molar-refractivity contribution in [2.45, 2.75) is 57.5 Å². The number of carbonyl (C=O) groups is 2. The van der Waals surface area contributed by atoms with Gasteiger partial charge in [-0.1, -0.05) is 11.6 Å². The van der Waals surface area contributed by atoms with Gasteiger partial charge in [-0.25, -0.2) is 0 Å². The summed E-state index contributed by atoms with van der Waals surface area (Å²) in [5, 5.41) is 9.29. The zero-order chi connectivity index (χ0) is 16.2. The highest BCUT2D eigenvalue weighted by Crippen LogP contribution is 2.33. The summed E-state index contributed by atoms with van der Waals surface area (Å²) < 4.78 is 5.69. The Labute approximate surface area is 137 Å². The van der Waals surface area contributed by atoms with E-state index in [-0.39, 0.29) is 23.8 Å². The molecule has 5 nitrogen and oxygen atoms in total. The fourth-order valence-electron chi connectivity index (χ4n) is 4.19. The van der Waals surface area contributed by atoms with E-state index >= 15 is 0 Å². The monoisotopic (exact) mass is 321 g/mol. The van der Waals surface area contributed by atoms with Crippen molar-refractivity contribution in [3.05, 3.63) is 11.6 Å². The number of ether oxygens (including phenoxy) is 1. The number of rotatable bonds is 4. The van der Waals surface area contributed by atoms with Crippen molar-refractivity contribution >= 4 is 11.9 Å². The number of amides is 1. The van der Waals surface area contributed by atoms with Crippen molar-refractivity contribution < 1.29 is 19.4 Å². The van der Waals surface area contributed by atoms with Gasteiger partial charge in [0.15, 0.2) is 0 Å². The molecule has 0 aromatic carbocycles. The molecule has 128 valence electrons. The fourth-order valence-corrected chi connectivity index (χ4v) is 4.19. The highest BCUT2D eigenvalue weighted by atomic mass is 16.5. The van der Waals surface area contributed by atoms with Gasteiger partial charge >= 0.3 is 5.97 Å². The highest BCUT2D eigenvalue weighted by Gasteiger charge is 2.40. The largest absolute Gasteiger partial charge is 0.481 e. The molecule has 0 aromatic rings. The molecule has 0 radical (unpaired) electrons. The summed E-state index contributed by atoms with van der Waals surface area (Å²) in [5.41, 5.74) is 1.30. The van der Waals surface area contributed by atoms with E-state index in [1.54, 1.807) is 0 Å². The number of nitrogens with zero attached hydrogens (tertiary/aromatic N) is 1. The number of likely N-dealkylation sites (tertiary alicyclic amines) is 1. The molecule has 0 unspecified atom stereocenters. The minimum absolute atomic E-state index is 0.161. The molecule has 5 heteroatoms. The Morgan fingerprint density at radius 3 is 2.65 bits per heavy atom. The smallest absolute Gasteiger partial charge is 0.309 e. The van der Waals surface area contributed by atoms with E-state index in [4.69, 9.17) is 4.74 Å². The average molecular weight is 321 g/mol. The summed E-state index contributed by atoms with van der Waals surface area (Å²) in [6, 6.07) is 0. The number of carboxylic acid groups (broad SMARTS) is 1. The summed E-state index contributed by atoms with van der Waals surface area (Å²) in [4.78, 5) is 25.7. The van der Waals surface area contributed by atoms with Crippen LogP contribution in [-0.2, 0) is 14.3 Å². The van der Waals surface area contributed by atoms with E-state index in [1.807, 2.05) is 4.90 Å². The van der Waals surface area contributed by atoms with Gasteiger partial charge < -0.3 is 14.7 Å². The molecule has 2 atom stereocenters. The lowest BCUT2D eigenvalue weighted by Gasteiger charge is -2.35. The first-order valence-electron chi connectivity index (χ1n) is 8.95. The van der Waals surface area contributed by atoms with Crippen LogP contribution in [0.4, 0.5) is 0 Å². The van der Waals surface area contributed by atoms with Gasteiger partial charge in [0.05, 0.1) is 12.0 Å². The van der Waals surface area contributed by atoms with Gasteiger partial charge in [-0.3, -0.25) is 9.59 Å². The molecule has 1 aliphatic carbocycles. The maximum Gasteiger partial charge on any atom is 0.309 e. The topological polar surface area (TPSA) is 66.8 Å². The quantitative estimate of drug-likeness (QED) is 0.808. The molecular formula is C18H27NO4. The third-order valence-corrected chi connectivity index (χ3v) is 5.57. The van der Waals surface area contributed by atoms with E-state index in [1.165, 1.54) is 18.4 Å². The molecule has 0 saturated carbocycles. The highest BCUT2D eigenvalue weighted by molar-refractivity contribution is 5.78. The van der Waals surface area contributed by atoms with Gasteiger partial charge in [0.1, 0.15) is 0 Å². The SMILES string of the molecule is O=C(O)[C@@H]1CCO[C@H]1C1CCN(C(=O)CC2=CCCCC2)CC1. The zero-order valence-corrected chi connectivity index (χ0v) is 13.7. The zero-order valence-electron chi connectivity index (χ0n) is 13.7. The third kappa shape index (κ3) is 3.94. The lowest BCUT2D eigenvalue weighted by molar-refractivity contribution is -0.145. The molecule has 0 bridgehead atoms. The summed E-state index contributed by atoms with van der Waals surface area (Å²) in [6.07, 6.45) is 9.61. The Bertz CT molecular complexity index is 479. The average Bonchev–Trinajstić information content (AvgIpc) is 3.06. The molecule has 3 aliphatic rings. The number of hydrogen-bond acceptors (Lipinski definition) is 3. The maximum absolute atomic E-state index is 12.4. The van der Waals surface area contributed by atoms with E-state index in [0.717, 1.165) is 38.8 Å². The summed E-state index contributed by atoms with van der Waals surface area (Å²) in [6.45, 7) is 2.03. The van der Waals surface area contributed by atoms with Crippen molar-refractivity contribution in [3.8, 4) is 0 Å². The summed E-state index contributed by atoms with van der Waals surface area (Å²) in [7, 11) is 0. The predicted octanol–water partition coefficient (Wildman–Crippen LogP) is 2.61. The standard InChI is InChI=1S/C18H27NO4/c20-16(12-13-4-2-1-3-5-13)19-9-6-14(7-10-19)17-15(18(21)22)8-11-23-17/h4,14-15,17H,1-3,5-12H2,(H,21,22)/t15-,17+/m1/s1. The lowest BCUT2D eigenvalue weighted by atomic mass is 9.84. The molecule has 1 N–H and O–H groups in total. The van der Waals surface area contributed by atoms with Gasteiger partial charge in [0.25, 0.3) is 0 Å². The number of carboxylic acids is 1. The number of allylic oxidation sites excluding steroid dienone is 1. The molecule has 0 spiro atoms. The first-order chi connectivity index (χ1) is 11.1. The predicted molar refractivity (Wildman–Crippen MR) is 86.0 cm³/mol. The van der Waals surface area contributed by atoms with Crippen LogP contribution in [0.2, 0.25) is 0 Å². The molecule has 2 aliphatic heterocycles. The van der Waals surface area contributed by atoms with Crippen LogP contribution in [0.25, 0.3) is 0 Å². The van der Waals surface area contributed by atoms with E-state index in [9.17, 15) is 14.7 Å². The Morgan fingerprint density at radius 2 is 2.00 bits per heavy atom. The van der Waals surface area contributed by atoms with Crippen LogP contribution >= 0.6 is 0 Å². The van der Waals surface area contributed by atoms with Crippen LogP contribution in [-0.4, -0.2) is 47.7 Å². The van der Waals surface area contributed by atoms with Crippen LogP contribution < -0.4 is 0 Å². The summed E-state index contributed by atoms with van der Waals surface area (Å²) >= 11 is 0. The van der Waals surface area contributed by atoms with Crippen LogP contribution in [0.1, 0.15) is 51.4 Å². The van der Waals surface area contributed by atoms with Gasteiger partial charge in [0, 0.05) is 26.1 Å². The van der Waals surface area contributed by atoms with E-state index < -0.39 is 5.97 Å². The Morgan fingerprint density at radius 1 is 1.22 bits per heavy atom. The lowest BCUT2D eigenvalue weighted by Crippen LogP contribution is -2.43. The second-order valence-electron chi connectivity index (χ2n) is 7.07. The van der Waals surface area contributed by atoms with Gasteiger partial charge in [-0.15, -0.1) is 0 Å². The van der Waals surface area contributed by atoms with Crippen LogP contribution in [0.5, 0.6) is 0 Å². The molecular weight excluding hydrogens is 294 g/mol. The molecule has 23 heavy (non-hydrogen) atoms. The third-order valence-electron chi connectivity index (χ3n) is 5.57. The normalized spacial score (nSPS) is 29.4. The molecule has 3 rings (SSSR count). The molecule has 0 aromatic heterocycles. The first kappa shape index (κ1) is 16.5. The van der Waals surface area contributed by atoms with Crippen LogP contribution in [0, 0.1) is 11.8 Å². The second kappa shape index (κ2) is 7.47. The van der Waals surface area contributed by atoms with Crippen molar-refractivity contribution in [3.63, 3.8) is 0 Å². The van der Waals surface area contributed by atoms with Crippen molar-refractivity contribution in [2.75, 3.05) is 19.7 Å². The van der Waals surface area contributed by atoms with Gasteiger partial charge in [-0.05, 0) is 50.9 Å². The van der Waals surface area contributed by atoms with E-state index in [2.05, 4.69) is 6.08 Å². The van der Waals surface area contributed by atoms with Crippen LogP contribution in [0.15, 0.2) is 11.6 Å². The first-order valence-corrected chi connectivity index (χ1v) is 8.95. The molecule has 2 saturated heterocycles.